The molecule has 2 saturated heterocycles. The molecule has 38 heavy (non-hydrogen) atoms. The zero-order chi connectivity index (χ0) is 26.2. The summed E-state index contributed by atoms with van der Waals surface area (Å²) in [6.07, 6.45) is -1.19. The molecular formula is C26H27F3N6O3. The second kappa shape index (κ2) is 8.48. The van der Waals surface area contributed by atoms with Gasteiger partial charge in [-0.15, -0.1) is 5.53 Å². The first-order valence-electron chi connectivity index (χ1n) is 12.9. The van der Waals surface area contributed by atoms with Gasteiger partial charge in [0.2, 0.25) is 0 Å². The molecule has 1 aromatic heterocycles. The van der Waals surface area contributed by atoms with Crippen LogP contribution in [0, 0.1) is 23.7 Å². The molecule has 2 unspecified atom stereocenters. The molecule has 3 aliphatic heterocycles. The summed E-state index contributed by atoms with van der Waals surface area (Å²) in [6.45, 7) is 1.07. The fraction of sp³-hybridized carbons (Fsp3) is 0.500. The molecular weight excluding hydrogens is 501 g/mol. The Morgan fingerprint density at radius 3 is 2.18 bits per heavy atom. The summed E-state index contributed by atoms with van der Waals surface area (Å²) in [5, 5.41) is 0. The summed E-state index contributed by atoms with van der Waals surface area (Å²) < 4.78 is 43.4. The van der Waals surface area contributed by atoms with E-state index < -0.39 is 12.8 Å². The lowest BCUT2D eigenvalue weighted by Crippen LogP contribution is -2.44. The van der Waals surface area contributed by atoms with Gasteiger partial charge < -0.3 is 25.4 Å². The molecule has 2 aromatic rings. The number of alkyl halides is 3. The fourth-order valence-corrected chi connectivity index (χ4v) is 6.66. The van der Waals surface area contributed by atoms with Crippen LogP contribution >= 0.6 is 0 Å². The van der Waals surface area contributed by atoms with Crippen molar-refractivity contribution in [1.29, 1.82) is 0 Å². The molecule has 12 heteroatoms. The third-order valence-corrected chi connectivity index (χ3v) is 8.68. The van der Waals surface area contributed by atoms with Crippen molar-refractivity contribution in [2.75, 3.05) is 43.6 Å². The van der Waals surface area contributed by atoms with Gasteiger partial charge in [-0.3, -0.25) is 14.6 Å². The number of rotatable bonds is 5. The Morgan fingerprint density at radius 1 is 0.921 bits per heavy atom. The van der Waals surface area contributed by atoms with E-state index >= 15 is 0 Å². The molecule has 9 nitrogen and oxygen atoms in total. The average molecular weight is 529 g/mol. The largest absolute Gasteiger partial charge is 0.484 e. The van der Waals surface area contributed by atoms with Crippen molar-refractivity contribution in [3.05, 3.63) is 47.3 Å². The SMILES string of the molecule is O=C(c1ccc2c(c1)NNN2)N1C[C@@H]2C3CN(C(=O)c4cc(OCC(F)(F)F)c(C5CC5)cn4)CC3[C@@H]2C1. The molecule has 0 spiro atoms. The number of hydrogen-bond donors (Lipinski definition) is 3. The zero-order valence-electron chi connectivity index (χ0n) is 20.4. The van der Waals surface area contributed by atoms with Gasteiger partial charge in [0.25, 0.3) is 11.8 Å². The van der Waals surface area contributed by atoms with E-state index in [1.807, 2.05) is 23.1 Å². The Bertz CT molecular complexity index is 1300. The van der Waals surface area contributed by atoms with Gasteiger partial charge in [-0.05, 0) is 60.6 Å². The highest BCUT2D eigenvalue weighted by Crippen LogP contribution is 2.54. The molecule has 1 aromatic carbocycles. The van der Waals surface area contributed by atoms with E-state index in [0.29, 0.717) is 61.0 Å². The van der Waals surface area contributed by atoms with Crippen LogP contribution < -0.4 is 21.1 Å². The van der Waals surface area contributed by atoms with Gasteiger partial charge in [0.05, 0.1) is 11.4 Å². The summed E-state index contributed by atoms with van der Waals surface area (Å²) in [7, 11) is 0. The minimum atomic E-state index is -4.46. The van der Waals surface area contributed by atoms with Crippen molar-refractivity contribution in [3.63, 3.8) is 0 Å². The number of fused-ring (bicyclic) bond motifs is 5. The average Bonchev–Trinajstić information content (AvgIpc) is 3.32. The number of halogens is 3. The molecule has 4 heterocycles. The van der Waals surface area contributed by atoms with Crippen molar-refractivity contribution in [3.8, 4) is 5.75 Å². The van der Waals surface area contributed by atoms with E-state index in [1.54, 1.807) is 4.90 Å². The quantitative estimate of drug-likeness (QED) is 0.548. The number of benzene rings is 1. The summed E-state index contributed by atoms with van der Waals surface area (Å²) >= 11 is 0. The van der Waals surface area contributed by atoms with Crippen LogP contribution in [0.25, 0.3) is 0 Å². The number of amides is 2. The topological polar surface area (TPSA) is 98.8 Å². The first-order valence-corrected chi connectivity index (χ1v) is 12.9. The van der Waals surface area contributed by atoms with Gasteiger partial charge in [-0.1, -0.05) is 0 Å². The molecule has 5 aliphatic rings. The highest BCUT2D eigenvalue weighted by molar-refractivity contribution is 5.97. The van der Waals surface area contributed by atoms with E-state index in [-0.39, 0.29) is 29.2 Å². The van der Waals surface area contributed by atoms with E-state index in [2.05, 4.69) is 21.4 Å². The molecule has 7 rings (SSSR count). The predicted molar refractivity (Wildman–Crippen MR) is 130 cm³/mol. The van der Waals surface area contributed by atoms with Crippen LogP contribution in [-0.4, -0.2) is 65.6 Å². The van der Waals surface area contributed by atoms with Crippen molar-refractivity contribution in [2.24, 2.45) is 23.7 Å². The molecule has 3 N–H and O–H groups in total. The monoisotopic (exact) mass is 528 g/mol. The second-order valence-electron chi connectivity index (χ2n) is 11.0. The van der Waals surface area contributed by atoms with Gasteiger partial charge in [0.15, 0.2) is 6.61 Å². The lowest BCUT2D eigenvalue weighted by Gasteiger charge is -2.42. The van der Waals surface area contributed by atoms with Crippen molar-refractivity contribution in [2.45, 2.75) is 24.9 Å². The summed E-state index contributed by atoms with van der Waals surface area (Å²) in [5.41, 5.74) is 11.8. The third-order valence-electron chi connectivity index (χ3n) is 8.68. The standard InChI is InChI=1S/C26H27F3N6O3/c27-26(28,29)12-38-23-6-22(30-7-15(23)13-1-2-13)25(37)35-10-18-16-8-34(9-17(16)19(18)11-35)24(36)14-3-4-20-21(5-14)32-33-31-20/h3-7,13,16-19,31-33H,1-2,8-12H2/t16-,17+,18?,19?. The second-order valence-corrected chi connectivity index (χ2v) is 11.0. The maximum atomic E-state index is 13.3. The number of hydrazine groups is 2. The summed E-state index contributed by atoms with van der Waals surface area (Å²) in [5.74, 6) is 1.27. The molecule has 2 amide bonds. The molecule has 200 valence electrons. The molecule has 4 atom stereocenters. The lowest BCUT2D eigenvalue weighted by atomic mass is 9.60. The van der Waals surface area contributed by atoms with E-state index in [0.717, 1.165) is 24.2 Å². The number of ether oxygens (including phenoxy) is 1. The first-order chi connectivity index (χ1) is 18.2. The first kappa shape index (κ1) is 23.6. The minimum Gasteiger partial charge on any atom is -0.484 e. The number of anilines is 2. The number of aromatic nitrogens is 1. The van der Waals surface area contributed by atoms with Crippen molar-refractivity contribution < 1.29 is 27.5 Å². The maximum Gasteiger partial charge on any atom is 0.422 e. The van der Waals surface area contributed by atoms with Crippen LogP contribution in [0.4, 0.5) is 24.5 Å². The van der Waals surface area contributed by atoms with Crippen LogP contribution in [0.15, 0.2) is 30.5 Å². The minimum absolute atomic E-state index is 0.00763. The van der Waals surface area contributed by atoms with Gasteiger partial charge in [0, 0.05) is 49.6 Å². The Kier molecular flexibility index (Phi) is 5.26. The van der Waals surface area contributed by atoms with Gasteiger partial charge in [0.1, 0.15) is 11.4 Å². The Hall–Kier alpha value is -3.54. The molecule has 0 radical (unpaired) electrons. The fourth-order valence-electron chi connectivity index (χ4n) is 6.66. The van der Waals surface area contributed by atoms with Gasteiger partial charge >= 0.3 is 6.18 Å². The van der Waals surface area contributed by atoms with E-state index in [4.69, 9.17) is 4.74 Å². The smallest absolute Gasteiger partial charge is 0.422 e. The molecule has 2 saturated carbocycles. The molecule has 2 aliphatic carbocycles. The normalized spacial score (nSPS) is 27.1. The molecule has 4 fully saturated rings. The maximum absolute atomic E-state index is 13.3. The number of carbonyl (C=O) groups excluding carboxylic acids is 2. The number of pyridine rings is 1. The Balaban J connectivity index is 1.01. The van der Waals surface area contributed by atoms with E-state index in [1.165, 1.54) is 12.3 Å². The number of nitrogens with one attached hydrogen (secondary N) is 3. The summed E-state index contributed by atoms with van der Waals surface area (Å²) in [4.78, 5) is 34.4. The highest BCUT2D eigenvalue weighted by Gasteiger charge is 2.59. The Morgan fingerprint density at radius 2 is 1.55 bits per heavy atom. The van der Waals surface area contributed by atoms with Crippen LogP contribution in [0.3, 0.4) is 0 Å². The lowest BCUT2D eigenvalue weighted by molar-refractivity contribution is -0.153. The Labute approximate surface area is 216 Å². The third kappa shape index (κ3) is 4.01. The number of nitrogens with zero attached hydrogens (tertiary/aromatic N) is 3. The predicted octanol–water partition coefficient (Wildman–Crippen LogP) is 3.25. The number of likely N-dealkylation sites (tertiary alicyclic amines) is 2. The van der Waals surface area contributed by atoms with Crippen LogP contribution in [0.2, 0.25) is 0 Å². The molecule has 0 bridgehead atoms. The van der Waals surface area contributed by atoms with Crippen molar-refractivity contribution in [1.82, 2.24) is 20.3 Å². The number of carbonyl (C=O) groups is 2. The summed E-state index contributed by atoms with van der Waals surface area (Å²) in [6, 6.07) is 6.89. The van der Waals surface area contributed by atoms with Gasteiger partial charge in [-0.25, -0.2) is 0 Å². The van der Waals surface area contributed by atoms with E-state index in [9.17, 15) is 22.8 Å². The zero-order valence-corrected chi connectivity index (χ0v) is 20.4. The van der Waals surface area contributed by atoms with Crippen LogP contribution in [0.5, 0.6) is 5.75 Å². The highest BCUT2D eigenvalue weighted by atomic mass is 19.4. The van der Waals surface area contributed by atoms with Crippen molar-refractivity contribution >= 4 is 23.2 Å². The van der Waals surface area contributed by atoms with Crippen LogP contribution in [-0.2, 0) is 0 Å². The van der Waals surface area contributed by atoms with Gasteiger partial charge in [-0.2, -0.15) is 13.2 Å². The van der Waals surface area contributed by atoms with Crippen LogP contribution in [0.1, 0.15) is 45.2 Å². The number of hydrogen-bond acceptors (Lipinski definition) is 7.